The third-order valence-corrected chi connectivity index (χ3v) is 4.72. The average Bonchev–Trinajstić information content (AvgIpc) is 3.18. The molecule has 1 saturated heterocycles. The number of rotatable bonds is 5. The first-order valence-electron chi connectivity index (χ1n) is 8.89. The highest BCUT2D eigenvalue weighted by Gasteiger charge is 2.20. The molecular weight excluding hydrogens is 326 g/mol. The first-order chi connectivity index (χ1) is 12.8. The van der Waals surface area contributed by atoms with Gasteiger partial charge in [0.25, 0.3) is 0 Å². The van der Waals surface area contributed by atoms with Crippen molar-refractivity contribution in [2.45, 2.75) is 6.54 Å². The molecule has 0 atom stereocenters. The third kappa shape index (κ3) is 3.55. The summed E-state index contributed by atoms with van der Waals surface area (Å²) in [5, 5.41) is 4.44. The van der Waals surface area contributed by atoms with Crippen LogP contribution in [0.15, 0.2) is 61.1 Å². The molecule has 0 saturated carbocycles. The normalized spacial score (nSPS) is 15.2. The number of aromatic nitrogens is 3. The van der Waals surface area contributed by atoms with Gasteiger partial charge in [0.05, 0.1) is 19.0 Å². The summed E-state index contributed by atoms with van der Waals surface area (Å²) in [7, 11) is 1.73. The van der Waals surface area contributed by atoms with Crippen molar-refractivity contribution in [3.05, 3.63) is 66.6 Å². The molecule has 1 aliphatic rings. The fourth-order valence-electron chi connectivity index (χ4n) is 3.35. The number of benzene rings is 1. The van der Waals surface area contributed by atoms with Crippen LogP contribution in [0.1, 0.15) is 5.56 Å². The molecule has 4 rings (SSSR count). The van der Waals surface area contributed by atoms with Gasteiger partial charge in [0.15, 0.2) is 5.82 Å². The standard InChI is InChI=1S/C20H23N5O/c1-26-19-7-3-2-6-18(19)24-12-10-23(11-13-24)15-17-14-22-25(16-17)20-8-4-5-9-21-20/h2-9,14,16H,10-13,15H2,1H3. The summed E-state index contributed by atoms with van der Waals surface area (Å²) in [4.78, 5) is 9.20. The lowest BCUT2D eigenvalue weighted by atomic mass is 10.2. The van der Waals surface area contributed by atoms with Gasteiger partial charge >= 0.3 is 0 Å². The molecule has 1 aliphatic heterocycles. The van der Waals surface area contributed by atoms with Crippen LogP contribution in [0.4, 0.5) is 5.69 Å². The van der Waals surface area contributed by atoms with Crippen LogP contribution in [0.5, 0.6) is 5.75 Å². The van der Waals surface area contributed by atoms with E-state index in [1.54, 1.807) is 13.3 Å². The molecule has 0 N–H and O–H groups in total. The lowest BCUT2D eigenvalue weighted by molar-refractivity contribution is 0.249. The lowest BCUT2D eigenvalue weighted by Crippen LogP contribution is -2.46. The van der Waals surface area contributed by atoms with Crippen molar-refractivity contribution in [1.82, 2.24) is 19.7 Å². The molecule has 0 radical (unpaired) electrons. The second-order valence-corrected chi connectivity index (χ2v) is 6.42. The molecule has 1 aromatic carbocycles. The number of ether oxygens (including phenoxy) is 1. The van der Waals surface area contributed by atoms with E-state index in [0.29, 0.717) is 0 Å². The van der Waals surface area contributed by atoms with Crippen LogP contribution in [-0.4, -0.2) is 53.0 Å². The first-order valence-corrected chi connectivity index (χ1v) is 8.89. The van der Waals surface area contributed by atoms with Crippen LogP contribution >= 0.6 is 0 Å². The minimum absolute atomic E-state index is 0.847. The number of pyridine rings is 1. The Morgan fingerprint density at radius 3 is 2.58 bits per heavy atom. The molecule has 0 aliphatic carbocycles. The second-order valence-electron chi connectivity index (χ2n) is 6.42. The topological polar surface area (TPSA) is 46.4 Å². The lowest BCUT2D eigenvalue weighted by Gasteiger charge is -2.36. The van der Waals surface area contributed by atoms with Crippen molar-refractivity contribution in [2.24, 2.45) is 0 Å². The Kier molecular flexibility index (Phi) is 4.84. The Morgan fingerprint density at radius 1 is 1.00 bits per heavy atom. The number of hydrogen-bond acceptors (Lipinski definition) is 5. The largest absolute Gasteiger partial charge is 0.495 e. The van der Waals surface area contributed by atoms with Crippen molar-refractivity contribution >= 4 is 5.69 Å². The van der Waals surface area contributed by atoms with Crippen LogP contribution in [0, 0.1) is 0 Å². The fraction of sp³-hybridized carbons (Fsp3) is 0.300. The molecule has 1 fully saturated rings. The molecule has 3 heterocycles. The Labute approximate surface area is 153 Å². The van der Waals surface area contributed by atoms with Crippen molar-refractivity contribution in [2.75, 3.05) is 38.2 Å². The van der Waals surface area contributed by atoms with Crippen LogP contribution in [0.25, 0.3) is 5.82 Å². The van der Waals surface area contributed by atoms with E-state index in [1.165, 1.54) is 11.3 Å². The van der Waals surface area contributed by atoms with Gasteiger partial charge in [0, 0.05) is 50.7 Å². The maximum atomic E-state index is 5.49. The number of para-hydroxylation sites is 2. The Bertz CT molecular complexity index is 840. The van der Waals surface area contributed by atoms with Gasteiger partial charge in [-0.1, -0.05) is 18.2 Å². The number of anilines is 1. The molecule has 26 heavy (non-hydrogen) atoms. The molecule has 6 nitrogen and oxygen atoms in total. The van der Waals surface area contributed by atoms with Crippen molar-refractivity contribution < 1.29 is 4.74 Å². The molecule has 3 aromatic rings. The summed E-state index contributed by atoms with van der Waals surface area (Å²) in [6.45, 7) is 4.94. The van der Waals surface area contributed by atoms with Crippen molar-refractivity contribution in [1.29, 1.82) is 0 Å². The molecule has 2 aromatic heterocycles. The molecular formula is C20H23N5O. The predicted octanol–water partition coefficient (Wildman–Crippen LogP) is 2.60. The molecule has 0 bridgehead atoms. The Hall–Kier alpha value is -2.86. The summed E-state index contributed by atoms with van der Waals surface area (Å²) in [6.07, 6.45) is 5.78. The van der Waals surface area contributed by atoms with Gasteiger partial charge < -0.3 is 9.64 Å². The van der Waals surface area contributed by atoms with E-state index in [-0.39, 0.29) is 0 Å². The molecule has 6 heteroatoms. The van der Waals surface area contributed by atoms with Crippen LogP contribution in [-0.2, 0) is 6.54 Å². The number of nitrogens with zero attached hydrogens (tertiary/aromatic N) is 5. The van der Waals surface area contributed by atoms with Gasteiger partial charge in [-0.05, 0) is 24.3 Å². The zero-order valence-corrected chi connectivity index (χ0v) is 15.0. The number of hydrogen-bond donors (Lipinski definition) is 0. The molecule has 0 unspecified atom stereocenters. The molecule has 134 valence electrons. The van der Waals surface area contributed by atoms with Crippen LogP contribution < -0.4 is 9.64 Å². The van der Waals surface area contributed by atoms with Gasteiger partial charge in [0.1, 0.15) is 5.75 Å². The minimum atomic E-state index is 0.847. The summed E-state index contributed by atoms with van der Waals surface area (Å²) >= 11 is 0. The van der Waals surface area contributed by atoms with E-state index in [4.69, 9.17) is 4.74 Å². The van der Waals surface area contributed by atoms with Crippen LogP contribution in [0.3, 0.4) is 0 Å². The highest BCUT2D eigenvalue weighted by atomic mass is 16.5. The summed E-state index contributed by atoms with van der Waals surface area (Å²) in [5.74, 6) is 1.79. The highest BCUT2D eigenvalue weighted by Crippen LogP contribution is 2.28. The summed E-state index contributed by atoms with van der Waals surface area (Å²) in [6, 6.07) is 14.1. The highest BCUT2D eigenvalue weighted by molar-refractivity contribution is 5.58. The maximum absolute atomic E-state index is 5.49. The molecule has 0 spiro atoms. The van der Waals surface area contributed by atoms with E-state index in [1.807, 2.05) is 41.2 Å². The van der Waals surface area contributed by atoms with Gasteiger partial charge in [-0.3, -0.25) is 4.90 Å². The minimum Gasteiger partial charge on any atom is -0.495 e. The van der Waals surface area contributed by atoms with E-state index in [0.717, 1.165) is 44.3 Å². The van der Waals surface area contributed by atoms with Gasteiger partial charge in [-0.2, -0.15) is 5.10 Å². The van der Waals surface area contributed by atoms with Crippen LogP contribution in [0.2, 0.25) is 0 Å². The van der Waals surface area contributed by atoms with E-state index in [2.05, 4.69) is 38.2 Å². The zero-order chi connectivity index (χ0) is 17.8. The number of methoxy groups -OCH3 is 1. The summed E-state index contributed by atoms with van der Waals surface area (Å²) in [5.41, 5.74) is 2.39. The van der Waals surface area contributed by atoms with Crippen molar-refractivity contribution in [3.63, 3.8) is 0 Å². The average molecular weight is 349 g/mol. The predicted molar refractivity (Wildman–Crippen MR) is 102 cm³/mol. The van der Waals surface area contributed by atoms with Gasteiger partial charge in [0.2, 0.25) is 0 Å². The number of piperazine rings is 1. The van der Waals surface area contributed by atoms with Gasteiger partial charge in [-0.15, -0.1) is 0 Å². The first kappa shape index (κ1) is 16.6. The Balaban J connectivity index is 1.36. The second kappa shape index (κ2) is 7.58. The van der Waals surface area contributed by atoms with E-state index >= 15 is 0 Å². The summed E-state index contributed by atoms with van der Waals surface area (Å²) < 4.78 is 7.33. The monoisotopic (exact) mass is 349 g/mol. The molecule has 0 amide bonds. The third-order valence-electron chi connectivity index (χ3n) is 4.72. The van der Waals surface area contributed by atoms with E-state index in [9.17, 15) is 0 Å². The maximum Gasteiger partial charge on any atom is 0.153 e. The zero-order valence-electron chi connectivity index (χ0n) is 15.0. The Morgan fingerprint density at radius 2 is 1.81 bits per heavy atom. The SMILES string of the molecule is COc1ccccc1N1CCN(Cc2cnn(-c3ccccn3)c2)CC1. The fourth-order valence-corrected chi connectivity index (χ4v) is 3.35. The van der Waals surface area contributed by atoms with Gasteiger partial charge in [-0.25, -0.2) is 9.67 Å². The van der Waals surface area contributed by atoms with Crippen molar-refractivity contribution in [3.8, 4) is 11.6 Å². The van der Waals surface area contributed by atoms with E-state index < -0.39 is 0 Å². The smallest absolute Gasteiger partial charge is 0.153 e. The quantitative estimate of drug-likeness (QED) is 0.709.